The Morgan fingerprint density at radius 2 is 1.57 bits per heavy atom. The van der Waals surface area contributed by atoms with Crippen molar-refractivity contribution in [1.82, 2.24) is 10.2 Å². The number of rotatable bonds is 5. The molecule has 0 aliphatic carbocycles. The summed E-state index contributed by atoms with van der Waals surface area (Å²) in [6.45, 7) is 4.03. The molecule has 2 N–H and O–H groups in total. The fourth-order valence-electron chi connectivity index (χ4n) is 2.81. The highest BCUT2D eigenvalue weighted by atomic mass is 35.5. The maximum absolute atomic E-state index is 9.74. The molecule has 0 amide bonds. The summed E-state index contributed by atoms with van der Waals surface area (Å²) >= 11 is 0. The lowest BCUT2D eigenvalue weighted by Crippen LogP contribution is -2.46. The van der Waals surface area contributed by atoms with E-state index in [0.29, 0.717) is 0 Å². The Hall–Kier alpha value is -1.59. The number of halogens is 1. The molecule has 0 radical (unpaired) electrons. The molecule has 0 spiro atoms. The minimum atomic E-state index is 0. The molecule has 3 rings (SSSR count). The summed E-state index contributed by atoms with van der Waals surface area (Å²) in [6.07, 6.45) is 0. The van der Waals surface area contributed by atoms with E-state index in [2.05, 4.69) is 10.2 Å². The van der Waals surface area contributed by atoms with E-state index < -0.39 is 0 Å². The van der Waals surface area contributed by atoms with Gasteiger partial charge < -0.3 is 15.2 Å². The number of hydrogen-bond acceptors (Lipinski definition) is 4. The highest BCUT2D eigenvalue weighted by Gasteiger charge is 2.21. The maximum atomic E-state index is 9.74. The fraction of sp³-hybridized carbons (Fsp3) is 0.333. The number of aliphatic hydroxyl groups excluding tert-OH is 1. The van der Waals surface area contributed by atoms with Gasteiger partial charge in [-0.05, 0) is 29.8 Å². The van der Waals surface area contributed by atoms with Crippen LogP contribution in [0.1, 0.15) is 11.6 Å². The van der Waals surface area contributed by atoms with Crippen molar-refractivity contribution >= 4 is 12.4 Å². The second kappa shape index (κ2) is 8.89. The van der Waals surface area contributed by atoms with E-state index in [1.165, 1.54) is 0 Å². The summed E-state index contributed by atoms with van der Waals surface area (Å²) in [5, 5.41) is 13.1. The predicted molar refractivity (Wildman–Crippen MR) is 94.5 cm³/mol. The SMILES string of the molecule is Cl.OC[C@H](c1ccc(Oc2ccccc2)cc1)N1CCNCC1. The molecule has 2 aromatic carbocycles. The van der Waals surface area contributed by atoms with Crippen LogP contribution >= 0.6 is 12.4 Å². The number of ether oxygens (including phenoxy) is 1. The first-order valence-corrected chi connectivity index (χ1v) is 7.75. The molecule has 0 aromatic heterocycles. The molecule has 0 bridgehead atoms. The first-order chi connectivity index (χ1) is 10.9. The smallest absolute Gasteiger partial charge is 0.127 e. The van der Waals surface area contributed by atoms with Crippen LogP contribution in [0.4, 0.5) is 0 Å². The van der Waals surface area contributed by atoms with E-state index in [1.54, 1.807) is 0 Å². The predicted octanol–water partition coefficient (Wildman–Crippen LogP) is 2.84. The normalized spacial score (nSPS) is 16.4. The standard InChI is InChI=1S/C18H22N2O2.ClH/c21-14-18(20-12-10-19-11-13-20)15-6-8-17(9-7-15)22-16-4-2-1-3-5-16;/h1-9,18-19,21H,10-14H2;1H/t18-;/m1./s1. The van der Waals surface area contributed by atoms with E-state index in [0.717, 1.165) is 43.2 Å². The summed E-state index contributed by atoms with van der Waals surface area (Å²) < 4.78 is 5.81. The number of piperazine rings is 1. The summed E-state index contributed by atoms with van der Waals surface area (Å²) in [5.74, 6) is 1.64. The van der Waals surface area contributed by atoms with Crippen molar-refractivity contribution in [2.75, 3.05) is 32.8 Å². The summed E-state index contributed by atoms with van der Waals surface area (Å²) in [4.78, 5) is 2.32. The van der Waals surface area contributed by atoms with Crippen LogP contribution in [0.5, 0.6) is 11.5 Å². The quantitative estimate of drug-likeness (QED) is 0.882. The van der Waals surface area contributed by atoms with E-state index >= 15 is 0 Å². The van der Waals surface area contributed by atoms with E-state index in [1.807, 2.05) is 54.6 Å². The molecule has 4 nitrogen and oxygen atoms in total. The van der Waals surface area contributed by atoms with Crippen LogP contribution in [0.15, 0.2) is 54.6 Å². The number of hydrogen-bond donors (Lipinski definition) is 2. The van der Waals surface area contributed by atoms with E-state index in [-0.39, 0.29) is 25.1 Å². The van der Waals surface area contributed by atoms with Gasteiger partial charge >= 0.3 is 0 Å². The lowest BCUT2D eigenvalue weighted by atomic mass is 10.1. The Kier molecular flexibility index (Phi) is 6.86. The number of para-hydroxylation sites is 1. The van der Waals surface area contributed by atoms with Crippen molar-refractivity contribution in [2.24, 2.45) is 0 Å². The average Bonchev–Trinajstić information content (AvgIpc) is 2.59. The number of nitrogens with zero attached hydrogens (tertiary/aromatic N) is 1. The Labute approximate surface area is 143 Å². The molecule has 0 unspecified atom stereocenters. The summed E-state index contributed by atoms with van der Waals surface area (Å²) in [7, 11) is 0. The molecule has 5 heteroatoms. The molecule has 1 fully saturated rings. The third-order valence-electron chi connectivity index (χ3n) is 4.01. The van der Waals surface area contributed by atoms with Gasteiger partial charge in [-0.2, -0.15) is 0 Å². The lowest BCUT2D eigenvalue weighted by molar-refractivity contribution is 0.111. The topological polar surface area (TPSA) is 44.7 Å². The second-order valence-corrected chi connectivity index (χ2v) is 5.47. The molecule has 1 saturated heterocycles. The second-order valence-electron chi connectivity index (χ2n) is 5.47. The van der Waals surface area contributed by atoms with Crippen LogP contribution in [-0.4, -0.2) is 42.8 Å². The zero-order valence-corrected chi connectivity index (χ0v) is 13.8. The zero-order chi connectivity index (χ0) is 15.2. The van der Waals surface area contributed by atoms with Crippen LogP contribution < -0.4 is 10.1 Å². The minimum Gasteiger partial charge on any atom is -0.457 e. The van der Waals surface area contributed by atoms with Crippen LogP contribution in [-0.2, 0) is 0 Å². The van der Waals surface area contributed by atoms with Gasteiger partial charge in [0, 0.05) is 26.2 Å². The van der Waals surface area contributed by atoms with Crippen molar-refractivity contribution in [2.45, 2.75) is 6.04 Å². The summed E-state index contributed by atoms with van der Waals surface area (Å²) in [5.41, 5.74) is 1.13. The number of nitrogens with one attached hydrogen (secondary N) is 1. The Bertz CT molecular complexity index is 571. The Morgan fingerprint density at radius 1 is 0.957 bits per heavy atom. The molecule has 2 aromatic rings. The first kappa shape index (κ1) is 17.8. The lowest BCUT2D eigenvalue weighted by Gasteiger charge is -2.34. The average molecular weight is 335 g/mol. The van der Waals surface area contributed by atoms with Crippen LogP contribution in [0.25, 0.3) is 0 Å². The molecular formula is C18H23ClN2O2. The van der Waals surface area contributed by atoms with Gasteiger partial charge in [-0.25, -0.2) is 0 Å². The molecule has 1 heterocycles. The zero-order valence-electron chi connectivity index (χ0n) is 13.0. The van der Waals surface area contributed by atoms with Crippen LogP contribution in [0, 0.1) is 0 Å². The van der Waals surface area contributed by atoms with Crippen molar-refractivity contribution in [3.63, 3.8) is 0 Å². The van der Waals surface area contributed by atoms with Gasteiger partial charge in [0.25, 0.3) is 0 Å². The molecule has 1 aliphatic heterocycles. The van der Waals surface area contributed by atoms with Crippen molar-refractivity contribution in [1.29, 1.82) is 0 Å². The van der Waals surface area contributed by atoms with Crippen molar-refractivity contribution in [3.05, 3.63) is 60.2 Å². The van der Waals surface area contributed by atoms with Gasteiger partial charge in [0.15, 0.2) is 0 Å². The molecule has 124 valence electrons. The van der Waals surface area contributed by atoms with Gasteiger partial charge in [-0.15, -0.1) is 12.4 Å². The molecule has 23 heavy (non-hydrogen) atoms. The Balaban J connectivity index is 0.00000192. The van der Waals surface area contributed by atoms with Crippen LogP contribution in [0.3, 0.4) is 0 Å². The van der Waals surface area contributed by atoms with Crippen molar-refractivity contribution in [3.8, 4) is 11.5 Å². The van der Waals surface area contributed by atoms with Crippen molar-refractivity contribution < 1.29 is 9.84 Å². The van der Waals surface area contributed by atoms with E-state index in [4.69, 9.17) is 4.74 Å². The van der Waals surface area contributed by atoms with Gasteiger partial charge in [0.2, 0.25) is 0 Å². The highest BCUT2D eigenvalue weighted by molar-refractivity contribution is 5.85. The van der Waals surface area contributed by atoms with Gasteiger partial charge in [-0.1, -0.05) is 30.3 Å². The Morgan fingerprint density at radius 3 is 2.17 bits per heavy atom. The van der Waals surface area contributed by atoms with Gasteiger partial charge in [0.05, 0.1) is 12.6 Å². The summed E-state index contributed by atoms with van der Waals surface area (Å²) in [6, 6.07) is 17.8. The van der Waals surface area contributed by atoms with E-state index in [9.17, 15) is 5.11 Å². The first-order valence-electron chi connectivity index (χ1n) is 7.75. The molecule has 0 saturated carbocycles. The molecule has 1 atom stereocenters. The largest absolute Gasteiger partial charge is 0.457 e. The highest BCUT2D eigenvalue weighted by Crippen LogP contribution is 2.25. The third kappa shape index (κ3) is 4.69. The third-order valence-corrected chi connectivity index (χ3v) is 4.01. The van der Waals surface area contributed by atoms with Gasteiger partial charge in [0.1, 0.15) is 11.5 Å². The fourth-order valence-corrected chi connectivity index (χ4v) is 2.81. The molecule has 1 aliphatic rings. The molecular weight excluding hydrogens is 312 g/mol. The monoisotopic (exact) mass is 334 g/mol. The maximum Gasteiger partial charge on any atom is 0.127 e. The number of aliphatic hydroxyl groups is 1. The van der Waals surface area contributed by atoms with Gasteiger partial charge in [-0.3, -0.25) is 4.90 Å². The minimum absolute atomic E-state index is 0. The number of benzene rings is 2. The van der Waals surface area contributed by atoms with Crippen LogP contribution in [0.2, 0.25) is 0 Å².